The molecule has 16 rings (SSSR count). The van der Waals surface area contributed by atoms with Crippen LogP contribution >= 0.6 is 15.9 Å². The molecule has 0 aliphatic heterocycles. The minimum absolute atomic E-state index is 0.490. The maximum absolute atomic E-state index is 9.24. The Kier molecular flexibility index (Phi) is 16.1. The van der Waals surface area contributed by atoms with Crippen molar-refractivity contribution in [3.05, 3.63) is 320 Å². The molecule has 90 heavy (non-hydrogen) atoms. The van der Waals surface area contributed by atoms with Crippen LogP contribution in [0.4, 0.5) is 0 Å². The first-order chi connectivity index (χ1) is 44.4. The van der Waals surface area contributed by atoms with Crippen molar-refractivity contribution in [2.75, 3.05) is 0 Å². The largest absolute Gasteiger partial charge is 0.488 e. The molecule has 0 unspecified atom stereocenters. The van der Waals surface area contributed by atoms with Crippen molar-refractivity contribution >= 4 is 72.1 Å². The maximum atomic E-state index is 9.24. The van der Waals surface area contributed by atoms with Crippen LogP contribution in [0.1, 0.15) is 0 Å². The van der Waals surface area contributed by atoms with Gasteiger partial charge in [-0.1, -0.05) is 222 Å². The van der Waals surface area contributed by atoms with E-state index in [1.54, 1.807) is 24.5 Å². The molecule has 10 nitrogen and oxygen atoms in total. The number of nitrogens with zero attached hydrogens (tertiary/aromatic N) is 8. The molecule has 6 aromatic heterocycles. The average molecular weight is 1230 g/mol. The molecule has 428 valence electrons. The van der Waals surface area contributed by atoms with Gasteiger partial charge in [-0.05, 0) is 114 Å². The number of hydrogen-bond donors (Lipinski definition) is 2. The zero-order chi connectivity index (χ0) is 60.8. The van der Waals surface area contributed by atoms with Crippen LogP contribution in [-0.4, -0.2) is 56.2 Å². The third-order valence-corrected chi connectivity index (χ3v) is 16.3. The molecular weight excluding hydrogens is 1170 g/mol. The van der Waals surface area contributed by atoms with Crippen LogP contribution < -0.4 is 5.46 Å². The maximum Gasteiger partial charge on any atom is 0.488 e. The van der Waals surface area contributed by atoms with Gasteiger partial charge in [-0.3, -0.25) is 9.97 Å². The molecule has 16 aromatic rings. The lowest BCUT2D eigenvalue weighted by Gasteiger charge is -2.11. The number of rotatable bonds is 10. The first kappa shape index (κ1) is 56.5. The summed E-state index contributed by atoms with van der Waals surface area (Å²) in [5, 5.41) is 23.4. The third kappa shape index (κ3) is 11.8. The zero-order valence-electron chi connectivity index (χ0n) is 48.4. The number of para-hydroxylation sites is 4. The highest BCUT2D eigenvalue weighted by molar-refractivity contribution is 9.10. The van der Waals surface area contributed by atoms with Gasteiger partial charge in [0.25, 0.3) is 0 Å². The van der Waals surface area contributed by atoms with E-state index in [2.05, 4.69) is 156 Å². The van der Waals surface area contributed by atoms with E-state index >= 15 is 0 Å². The van der Waals surface area contributed by atoms with Gasteiger partial charge in [-0.2, -0.15) is 0 Å². The van der Waals surface area contributed by atoms with E-state index in [9.17, 15) is 10.0 Å². The van der Waals surface area contributed by atoms with Gasteiger partial charge in [-0.25, -0.2) is 19.9 Å². The summed E-state index contributed by atoms with van der Waals surface area (Å²) in [5.74, 6) is 1.38. The highest BCUT2D eigenvalue weighted by Gasteiger charge is 2.17. The number of benzene rings is 10. The van der Waals surface area contributed by atoms with Crippen LogP contribution in [0.5, 0.6) is 0 Å². The van der Waals surface area contributed by atoms with Gasteiger partial charge in [0.15, 0.2) is 11.6 Å². The molecule has 0 fully saturated rings. The Balaban J connectivity index is 0.000000128. The molecule has 0 radical (unpaired) electrons. The van der Waals surface area contributed by atoms with E-state index in [-0.39, 0.29) is 0 Å². The average Bonchev–Trinajstić information content (AvgIpc) is 1.63. The van der Waals surface area contributed by atoms with Crippen molar-refractivity contribution in [1.29, 1.82) is 0 Å². The first-order valence-electron chi connectivity index (χ1n) is 29.5. The normalized spacial score (nSPS) is 11.1. The van der Waals surface area contributed by atoms with Gasteiger partial charge in [0, 0.05) is 72.0 Å². The molecule has 0 saturated carbocycles. The quantitative estimate of drug-likeness (QED) is 0.130. The van der Waals surface area contributed by atoms with E-state index in [0.717, 1.165) is 94.4 Å². The summed E-state index contributed by atoms with van der Waals surface area (Å²) in [6.07, 6.45) is 3.57. The lowest BCUT2D eigenvalue weighted by molar-refractivity contribution is 0.426. The van der Waals surface area contributed by atoms with Crippen LogP contribution in [0, 0.1) is 0 Å². The Morgan fingerprint density at radius 2 is 0.600 bits per heavy atom. The number of fused-ring (bicyclic) bond motifs is 6. The summed E-state index contributed by atoms with van der Waals surface area (Å²) in [5.41, 5.74) is 18.7. The zero-order valence-corrected chi connectivity index (χ0v) is 50.0. The molecule has 0 amide bonds. The second-order valence-corrected chi connectivity index (χ2v) is 22.3. The van der Waals surface area contributed by atoms with Crippen molar-refractivity contribution in [3.63, 3.8) is 0 Å². The molecule has 0 atom stereocenters. The highest BCUT2D eigenvalue weighted by Crippen LogP contribution is 2.36. The lowest BCUT2D eigenvalue weighted by Crippen LogP contribution is -2.29. The summed E-state index contributed by atoms with van der Waals surface area (Å²) in [4.78, 5) is 28.3. The molecule has 0 aliphatic rings. The van der Waals surface area contributed by atoms with E-state index in [1.165, 1.54) is 32.6 Å². The molecule has 0 bridgehead atoms. The van der Waals surface area contributed by atoms with Crippen LogP contribution in [0.2, 0.25) is 0 Å². The van der Waals surface area contributed by atoms with Crippen LogP contribution in [0.15, 0.2) is 320 Å². The van der Waals surface area contributed by atoms with Crippen LogP contribution in [-0.2, 0) is 0 Å². The van der Waals surface area contributed by atoms with Crippen molar-refractivity contribution in [1.82, 2.24) is 39.0 Å². The van der Waals surface area contributed by atoms with Crippen molar-refractivity contribution < 1.29 is 10.0 Å². The predicted octanol–water partition coefficient (Wildman–Crippen LogP) is 17.7. The second kappa shape index (κ2) is 25.6. The smallest absolute Gasteiger partial charge is 0.423 e. The summed E-state index contributed by atoms with van der Waals surface area (Å²) in [7, 11) is -1.44. The number of pyridine rings is 2. The third-order valence-electron chi connectivity index (χ3n) is 15.8. The minimum atomic E-state index is -1.44. The van der Waals surface area contributed by atoms with Gasteiger partial charge in [0.05, 0.1) is 56.2 Å². The van der Waals surface area contributed by atoms with Gasteiger partial charge in [0.1, 0.15) is 0 Å². The molecule has 0 spiro atoms. The van der Waals surface area contributed by atoms with E-state index < -0.39 is 7.12 Å². The Bertz CT molecular complexity index is 4910. The van der Waals surface area contributed by atoms with E-state index in [1.807, 2.05) is 170 Å². The fraction of sp³-hybridized carbons (Fsp3) is 0. The van der Waals surface area contributed by atoms with Gasteiger partial charge >= 0.3 is 7.12 Å². The van der Waals surface area contributed by atoms with Crippen LogP contribution in [0.25, 0.3) is 134 Å². The Morgan fingerprint density at radius 3 is 0.978 bits per heavy atom. The molecule has 0 aliphatic carbocycles. The van der Waals surface area contributed by atoms with Gasteiger partial charge in [0.2, 0.25) is 0 Å². The second-order valence-electron chi connectivity index (χ2n) is 21.4. The van der Waals surface area contributed by atoms with Crippen LogP contribution in [0.3, 0.4) is 0 Å². The fourth-order valence-corrected chi connectivity index (χ4v) is 11.6. The fourth-order valence-electron chi connectivity index (χ4n) is 11.4. The van der Waals surface area contributed by atoms with E-state index in [4.69, 9.17) is 19.9 Å². The molecule has 0 saturated heterocycles. The van der Waals surface area contributed by atoms with Gasteiger partial charge < -0.3 is 19.2 Å². The Morgan fingerprint density at radius 1 is 0.278 bits per heavy atom. The molecule has 6 heterocycles. The summed E-state index contributed by atoms with van der Waals surface area (Å²) < 4.78 is 5.58. The molecular formula is C78H54BBrN8O2. The number of hydrogen-bond acceptors (Lipinski definition) is 8. The first-order valence-corrected chi connectivity index (χ1v) is 30.3. The molecule has 10 aromatic carbocycles. The van der Waals surface area contributed by atoms with Gasteiger partial charge in [-0.15, -0.1) is 0 Å². The monoisotopic (exact) mass is 1220 g/mol. The van der Waals surface area contributed by atoms with E-state index in [0.29, 0.717) is 17.1 Å². The standard InChI is InChI=1S/C39H26N4.C21H14BrN3.C18H14BNO2/c1-2-10-30(11-3-1)39-41-35(26-36(42-39)34-14-8-9-25-40-34)29-19-17-27(18-20-29)28-21-23-31(24-22-28)43-37-15-6-4-12-32(37)33-13-5-7-16-38(33)43;22-17-11-9-15(10-12-17)19-14-20(18-8-4-5-13-23-18)25-21(24-19)16-6-2-1-3-7-16;21-19(22)13-9-11-14(12-10-13)20-17-7-3-1-5-15(17)16-6-2-4-8-18(16)20/h1-26H;1-14H;1-12,21-22H. The summed E-state index contributed by atoms with van der Waals surface area (Å²) in [6, 6.07) is 102. The topological polar surface area (TPSA) is 128 Å². The summed E-state index contributed by atoms with van der Waals surface area (Å²) in [6.45, 7) is 0. The SMILES string of the molecule is Brc1ccc(-c2cc(-c3ccccn3)nc(-c3ccccc3)n2)cc1.OB(O)c1ccc(-n2c3ccccc3c3ccccc32)cc1.c1ccc(-c2nc(-c3ccc(-c4ccc(-n5c6ccccc6c6ccccc65)cc4)cc3)cc(-c3ccccn3)n2)cc1. The van der Waals surface area contributed by atoms with Crippen molar-refractivity contribution in [2.45, 2.75) is 0 Å². The minimum Gasteiger partial charge on any atom is -0.423 e. The van der Waals surface area contributed by atoms with Crippen molar-refractivity contribution in [2.24, 2.45) is 0 Å². The highest BCUT2D eigenvalue weighted by atomic mass is 79.9. The Labute approximate surface area is 528 Å². The number of aromatic nitrogens is 8. The molecule has 12 heteroatoms. The molecule has 2 N–H and O–H groups in total. The van der Waals surface area contributed by atoms with Crippen molar-refractivity contribution in [3.8, 4) is 90.6 Å². The number of halogens is 1. The summed E-state index contributed by atoms with van der Waals surface area (Å²) >= 11 is 3.48. The predicted molar refractivity (Wildman–Crippen MR) is 370 cm³/mol. The lowest BCUT2D eigenvalue weighted by atomic mass is 9.80. The Hall–Kier alpha value is -11.3.